The highest BCUT2D eigenvalue weighted by atomic mass is 79.9. The van der Waals surface area contributed by atoms with E-state index in [4.69, 9.17) is 13.6 Å². The van der Waals surface area contributed by atoms with Crippen LogP contribution in [0.15, 0.2) is 32.0 Å². The molecule has 0 saturated heterocycles. The number of carbonyl (C=O) groups excluding carboxylic acids is 1. The predicted octanol–water partition coefficient (Wildman–Crippen LogP) is 2.87. The Morgan fingerprint density at radius 1 is 1.56 bits per heavy atom. The molecule has 0 aliphatic rings. The van der Waals surface area contributed by atoms with Gasteiger partial charge in [-0.1, -0.05) is 0 Å². The van der Waals surface area contributed by atoms with Crippen molar-refractivity contribution in [2.75, 3.05) is 6.61 Å². The summed E-state index contributed by atoms with van der Waals surface area (Å²) in [5.74, 6) is 0.162. The Morgan fingerprint density at radius 3 is 3.00 bits per heavy atom. The fourth-order valence-electron chi connectivity index (χ4n) is 1.20. The summed E-state index contributed by atoms with van der Waals surface area (Å²) in [6.07, 6.45) is 1.18. The largest absolute Gasteiger partial charge is 0.461 e. The summed E-state index contributed by atoms with van der Waals surface area (Å²) in [6, 6.07) is 3.38. The minimum Gasteiger partial charge on any atom is -0.461 e. The molecule has 2 aromatic rings. The van der Waals surface area contributed by atoms with Crippen LogP contribution >= 0.6 is 15.9 Å². The number of ether oxygens (including phenoxy) is 1. The number of furan rings is 1. The fourth-order valence-corrected chi connectivity index (χ4v) is 1.51. The summed E-state index contributed by atoms with van der Waals surface area (Å²) in [6.45, 7) is 2.01. The smallest absolute Gasteiger partial charge is 0.361 e. The average Bonchev–Trinajstić information content (AvgIpc) is 2.85. The van der Waals surface area contributed by atoms with E-state index in [1.165, 1.54) is 6.39 Å². The molecule has 0 fully saturated rings. The topological polar surface area (TPSA) is 65.5 Å². The number of rotatable bonds is 3. The third-order valence-corrected chi connectivity index (χ3v) is 2.26. The molecule has 0 atom stereocenters. The van der Waals surface area contributed by atoms with Crippen LogP contribution in [0.4, 0.5) is 0 Å². The van der Waals surface area contributed by atoms with Crippen LogP contribution in [-0.4, -0.2) is 17.6 Å². The van der Waals surface area contributed by atoms with E-state index in [2.05, 4.69) is 20.9 Å². The first-order valence-electron chi connectivity index (χ1n) is 4.58. The zero-order chi connectivity index (χ0) is 11.5. The first-order valence-corrected chi connectivity index (χ1v) is 5.38. The Bertz CT molecular complexity index is 502. The zero-order valence-electron chi connectivity index (χ0n) is 8.40. The number of halogens is 1. The molecule has 0 aliphatic carbocycles. The normalized spacial score (nSPS) is 10.4. The molecule has 2 aromatic heterocycles. The highest BCUT2D eigenvalue weighted by Gasteiger charge is 2.21. The number of hydrogen-bond donors (Lipinski definition) is 0. The second-order valence-corrected chi connectivity index (χ2v) is 3.64. The first-order chi connectivity index (χ1) is 7.72. The van der Waals surface area contributed by atoms with Gasteiger partial charge in [-0.05, 0) is 35.0 Å². The van der Waals surface area contributed by atoms with Crippen molar-refractivity contribution in [1.29, 1.82) is 0 Å². The van der Waals surface area contributed by atoms with Gasteiger partial charge in [-0.2, -0.15) is 0 Å². The van der Waals surface area contributed by atoms with Gasteiger partial charge >= 0.3 is 5.97 Å². The summed E-state index contributed by atoms with van der Waals surface area (Å²) in [5.41, 5.74) is 0.115. The molecule has 0 amide bonds. The van der Waals surface area contributed by atoms with Crippen molar-refractivity contribution >= 4 is 21.9 Å². The van der Waals surface area contributed by atoms with E-state index in [1.54, 1.807) is 19.1 Å². The van der Waals surface area contributed by atoms with E-state index in [9.17, 15) is 4.79 Å². The molecule has 16 heavy (non-hydrogen) atoms. The molecule has 0 radical (unpaired) electrons. The number of oxazole rings is 1. The van der Waals surface area contributed by atoms with Crippen molar-refractivity contribution in [3.8, 4) is 11.5 Å². The SMILES string of the molecule is CCOC(=O)c1ncoc1-c1ccc(Br)o1. The third-order valence-electron chi connectivity index (χ3n) is 1.83. The summed E-state index contributed by atoms with van der Waals surface area (Å²) >= 11 is 3.17. The molecule has 0 aromatic carbocycles. The molecule has 84 valence electrons. The van der Waals surface area contributed by atoms with Crippen molar-refractivity contribution in [3.63, 3.8) is 0 Å². The molecule has 0 saturated carbocycles. The van der Waals surface area contributed by atoms with E-state index in [1.807, 2.05) is 0 Å². The Morgan fingerprint density at radius 2 is 2.38 bits per heavy atom. The van der Waals surface area contributed by atoms with Crippen LogP contribution in [0.1, 0.15) is 17.4 Å². The van der Waals surface area contributed by atoms with Gasteiger partial charge in [-0.15, -0.1) is 0 Å². The zero-order valence-corrected chi connectivity index (χ0v) is 9.98. The monoisotopic (exact) mass is 285 g/mol. The molecule has 0 aliphatic heterocycles. The molecule has 0 N–H and O–H groups in total. The first kappa shape index (κ1) is 10.9. The van der Waals surface area contributed by atoms with E-state index in [0.717, 1.165) is 0 Å². The second-order valence-electron chi connectivity index (χ2n) is 2.85. The summed E-state index contributed by atoms with van der Waals surface area (Å²) < 4.78 is 15.8. The Hall–Kier alpha value is -1.56. The van der Waals surface area contributed by atoms with Gasteiger partial charge in [-0.3, -0.25) is 0 Å². The van der Waals surface area contributed by atoms with E-state index >= 15 is 0 Å². The summed E-state index contributed by atoms with van der Waals surface area (Å²) in [4.78, 5) is 15.3. The van der Waals surface area contributed by atoms with Gasteiger partial charge in [0.05, 0.1) is 6.61 Å². The Kier molecular flexibility index (Phi) is 3.09. The lowest BCUT2D eigenvalue weighted by atomic mass is 10.3. The van der Waals surface area contributed by atoms with Gasteiger partial charge in [0.2, 0.25) is 5.76 Å². The lowest BCUT2D eigenvalue weighted by molar-refractivity contribution is 0.0520. The molecule has 0 bridgehead atoms. The average molecular weight is 286 g/mol. The highest BCUT2D eigenvalue weighted by molar-refractivity contribution is 9.10. The van der Waals surface area contributed by atoms with Crippen LogP contribution in [0.25, 0.3) is 11.5 Å². The van der Waals surface area contributed by atoms with Crippen LogP contribution in [-0.2, 0) is 4.74 Å². The fraction of sp³-hybridized carbons (Fsp3) is 0.200. The van der Waals surface area contributed by atoms with Gasteiger partial charge < -0.3 is 13.6 Å². The summed E-state index contributed by atoms with van der Waals surface area (Å²) in [5, 5.41) is 0. The number of aromatic nitrogens is 1. The molecule has 2 rings (SSSR count). The Balaban J connectivity index is 2.36. The second kappa shape index (κ2) is 4.52. The van der Waals surface area contributed by atoms with Crippen molar-refractivity contribution < 1.29 is 18.4 Å². The molecule has 0 spiro atoms. The standard InChI is InChI=1S/C10H8BrNO4/c1-2-14-10(13)8-9(15-5-12-8)6-3-4-7(11)16-6/h3-5H,2H2,1H3. The van der Waals surface area contributed by atoms with Crippen LogP contribution in [0.3, 0.4) is 0 Å². The van der Waals surface area contributed by atoms with Crippen LogP contribution in [0.5, 0.6) is 0 Å². The molecule has 0 unspecified atom stereocenters. The summed E-state index contributed by atoms with van der Waals surface area (Å²) in [7, 11) is 0. The highest BCUT2D eigenvalue weighted by Crippen LogP contribution is 2.27. The lowest BCUT2D eigenvalue weighted by Gasteiger charge is -1.98. The predicted molar refractivity (Wildman–Crippen MR) is 57.9 cm³/mol. The maximum absolute atomic E-state index is 11.5. The van der Waals surface area contributed by atoms with Crippen LogP contribution < -0.4 is 0 Å². The minimum absolute atomic E-state index is 0.115. The van der Waals surface area contributed by atoms with Crippen LogP contribution in [0, 0.1) is 0 Å². The van der Waals surface area contributed by atoms with Gasteiger partial charge in [0.1, 0.15) is 0 Å². The van der Waals surface area contributed by atoms with E-state index in [0.29, 0.717) is 10.4 Å². The number of nitrogens with zero attached hydrogens (tertiary/aromatic N) is 1. The van der Waals surface area contributed by atoms with Gasteiger partial charge in [0.15, 0.2) is 22.5 Å². The maximum atomic E-state index is 11.5. The lowest BCUT2D eigenvalue weighted by Crippen LogP contribution is -2.06. The minimum atomic E-state index is -0.529. The Labute approximate surface area is 99.5 Å². The van der Waals surface area contributed by atoms with Crippen molar-refractivity contribution in [1.82, 2.24) is 4.98 Å². The van der Waals surface area contributed by atoms with Crippen molar-refractivity contribution in [2.45, 2.75) is 6.92 Å². The molecule has 6 heteroatoms. The number of esters is 1. The molecular formula is C10H8BrNO4. The van der Waals surface area contributed by atoms with Crippen LogP contribution in [0.2, 0.25) is 0 Å². The quantitative estimate of drug-likeness (QED) is 0.812. The third kappa shape index (κ3) is 2.01. The maximum Gasteiger partial charge on any atom is 0.361 e. The molecule has 5 nitrogen and oxygen atoms in total. The van der Waals surface area contributed by atoms with Gasteiger partial charge in [-0.25, -0.2) is 9.78 Å². The number of hydrogen-bond acceptors (Lipinski definition) is 5. The molecule has 2 heterocycles. The van der Waals surface area contributed by atoms with E-state index in [-0.39, 0.29) is 18.1 Å². The van der Waals surface area contributed by atoms with E-state index < -0.39 is 5.97 Å². The van der Waals surface area contributed by atoms with Crippen molar-refractivity contribution in [3.05, 3.63) is 28.9 Å². The molecular weight excluding hydrogens is 278 g/mol. The van der Waals surface area contributed by atoms with Crippen molar-refractivity contribution in [2.24, 2.45) is 0 Å². The number of carbonyl (C=O) groups is 1. The van der Waals surface area contributed by atoms with Gasteiger partial charge in [0, 0.05) is 0 Å². The van der Waals surface area contributed by atoms with Gasteiger partial charge in [0.25, 0.3) is 0 Å².